The molecule has 0 spiro atoms. The van der Waals surface area contributed by atoms with Crippen molar-refractivity contribution in [3.63, 3.8) is 0 Å². The van der Waals surface area contributed by atoms with Crippen molar-refractivity contribution < 1.29 is 17.9 Å². The number of nitrogens with one attached hydrogen (secondary N) is 2. The average Bonchev–Trinajstić information content (AvgIpc) is 2.15. The Morgan fingerprint density at radius 3 is 2.40 bits per heavy atom. The fourth-order valence-electron chi connectivity index (χ4n) is 1.02. The van der Waals surface area contributed by atoms with Gasteiger partial charge >= 0.3 is 5.97 Å². The van der Waals surface area contributed by atoms with Crippen LogP contribution in [0.4, 0.5) is 0 Å². The summed E-state index contributed by atoms with van der Waals surface area (Å²) in [7, 11) is -1.84. The predicted molar refractivity (Wildman–Crippen MR) is 56.9 cm³/mol. The minimum Gasteiger partial charge on any atom is -0.468 e. The van der Waals surface area contributed by atoms with Gasteiger partial charge < -0.3 is 10.1 Å². The lowest BCUT2D eigenvalue weighted by molar-refractivity contribution is -0.143. The van der Waals surface area contributed by atoms with Gasteiger partial charge in [-0.1, -0.05) is 6.92 Å². The maximum absolute atomic E-state index is 11.1. The van der Waals surface area contributed by atoms with Crippen LogP contribution < -0.4 is 10.0 Å². The maximum atomic E-state index is 11.1. The second-order valence-electron chi connectivity index (χ2n) is 3.10. The molecule has 0 bridgehead atoms. The lowest BCUT2D eigenvalue weighted by Crippen LogP contribution is -2.41. The highest BCUT2D eigenvalue weighted by Crippen LogP contribution is 1.92. The first kappa shape index (κ1) is 14.3. The molecule has 1 atom stereocenters. The van der Waals surface area contributed by atoms with Crippen LogP contribution in [0.1, 0.15) is 13.3 Å². The standard InChI is InChI=1S/C8H18N2O4S/c1-4-7(8(11)14-2)9-5-6-10-15(3,12)13/h7,9-10H,4-6H2,1-3H3. The summed E-state index contributed by atoms with van der Waals surface area (Å²) < 4.78 is 28.3. The summed E-state index contributed by atoms with van der Waals surface area (Å²) in [6.45, 7) is 2.49. The molecule has 0 aromatic heterocycles. The van der Waals surface area contributed by atoms with Gasteiger partial charge in [0, 0.05) is 13.1 Å². The first-order chi connectivity index (χ1) is 6.90. The maximum Gasteiger partial charge on any atom is 0.322 e. The van der Waals surface area contributed by atoms with E-state index < -0.39 is 10.0 Å². The molecule has 0 aromatic carbocycles. The molecule has 15 heavy (non-hydrogen) atoms. The van der Waals surface area contributed by atoms with E-state index in [-0.39, 0.29) is 18.6 Å². The third kappa shape index (κ3) is 7.29. The van der Waals surface area contributed by atoms with Crippen LogP contribution in [0.15, 0.2) is 0 Å². The summed E-state index contributed by atoms with van der Waals surface area (Å²) in [5, 5.41) is 2.89. The van der Waals surface area contributed by atoms with Gasteiger partial charge in [0.05, 0.1) is 13.4 Å². The molecule has 0 radical (unpaired) electrons. The molecule has 0 aromatic rings. The molecular formula is C8H18N2O4S. The number of hydrogen-bond donors (Lipinski definition) is 2. The van der Waals surface area contributed by atoms with Crippen molar-refractivity contribution in [2.24, 2.45) is 0 Å². The highest BCUT2D eigenvalue weighted by Gasteiger charge is 2.15. The average molecular weight is 238 g/mol. The summed E-state index contributed by atoms with van der Waals surface area (Å²) in [4.78, 5) is 11.1. The van der Waals surface area contributed by atoms with Crippen LogP contribution in [0.5, 0.6) is 0 Å². The van der Waals surface area contributed by atoms with Crippen LogP contribution in [-0.2, 0) is 19.6 Å². The van der Waals surface area contributed by atoms with Crippen LogP contribution >= 0.6 is 0 Å². The van der Waals surface area contributed by atoms with E-state index in [1.165, 1.54) is 7.11 Å². The van der Waals surface area contributed by atoms with Crippen molar-refractivity contribution in [2.75, 3.05) is 26.5 Å². The first-order valence-electron chi connectivity index (χ1n) is 4.66. The molecule has 7 heteroatoms. The molecule has 0 aliphatic heterocycles. The molecule has 0 heterocycles. The Balaban J connectivity index is 3.78. The number of ether oxygens (including phenoxy) is 1. The number of sulfonamides is 1. The second kappa shape index (κ2) is 6.76. The molecule has 0 saturated carbocycles. The van der Waals surface area contributed by atoms with E-state index in [1.54, 1.807) is 0 Å². The Morgan fingerprint density at radius 2 is 2.00 bits per heavy atom. The van der Waals surface area contributed by atoms with Gasteiger partial charge in [-0.25, -0.2) is 13.1 Å². The van der Waals surface area contributed by atoms with Gasteiger partial charge in [0.2, 0.25) is 10.0 Å². The van der Waals surface area contributed by atoms with E-state index in [1.807, 2.05) is 6.92 Å². The van der Waals surface area contributed by atoms with Crippen molar-refractivity contribution in [1.29, 1.82) is 0 Å². The van der Waals surface area contributed by atoms with E-state index in [0.29, 0.717) is 13.0 Å². The SMILES string of the molecule is CCC(NCCNS(C)(=O)=O)C(=O)OC. The second-order valence-corrected chi connectivity index (χ2v) is 4.94. The number of hydrogen-bond acceptors (Lipinski definition) is 5. The number of rotatable bonds is 7. The fourth-order valence-corrected chi connectivity index (χ4v) is 1.49. The number of esters is 1. The molecule has 0 saturated heterocycles. The fraction of sp³-hybridized carbons (Fsp3) is 0.875. The zero-order chi connectivity index (χ0) is 11.9. The Hall–Kier alpha value is -0.660. The quantitative estimate of drug-likeness (QED) is 0.442. The minimum atomic E-state index is -3.16. The highest BCUT2D eigenvalue weighted by atomic mass is 32.2. The van der Waals surface area contributed by atoms with Crippen LogP contribution in [0.25, 0.3) is 0 Å². The molecular weight excluding hydrogens is 220 g/mol. The van der Waals surface area contributed by atoms with Gasteiger partial charge in [0.25, 0.3) is 0 Å². The number of methoxy groups -OCH3 is 1. The van der Waals surface area contributed by atoms with E-state index in [2.05, 4.69) is 14.8 Å². The zero-order valence-corrected chi connectivity index (χ0v) is 10.1. The summed E-state index contributed by atoms with van der Waals surface area (Å²) in [5.74, 6) is -0.336. The van der Waals surface area contributed by atoms with E-state index in [9.17, 15) is 13.2 Å². The number of carbonyl (C=O) groups is 1. The molecule has 0 aliphatic rings. The van der Waals surface area contributed by atoms with Crippen molar-refractivity contribution in [3.05, 3.63) is 0 Å². The van der Waals surface area contributed by atoms with Crippen LogP contribution in [0.3, 0.4) is 0 Å². The highest BCUT2D eigenvalue weighted by molar-refractivity contribution is 7.88. The van der Waals surface area contributed by atoms with Crippen LogP contribution in [0, 0.1) is 0 Å². The van der Waals surface area contributed by atoms with Gasteiger partial charge in [-0.05, 0) is 6.42 Å². The van der Waals surface area contributed by atoms with E-state index >= 15 is 0 Å². The molecule has 1 unspecified atom stereocenters. The van der Waals surface area contributed by atoms with Gasteiger partial charge in [-0.2, -0.15) is 0 Å². The summed E-state index contributed by atoms with van der Waals surface area (Å²) in [6.07, 6.45) is 1.69. The Morgan fingerprint density at radius 1 is 1.40 bits per heavy atom. The summed E-state index contributed by atoms with van der Waals surface area (Å²) in [6, 6.07) is -0.378. The van der Waals surface area contributed by atoms with Crippen LogP contribution in [0.2, 0.25) is 0 Å². The lowest BCUT2D eigenvalue weighted by atomic mass is 10.2. The molecule has 0 aliphatic carbocycles. The van der Waals surface area contributed by atoms with Crippen molar-refractivity contribution in [1.82, 2.24) is 10.0 Å². The normalized spacial score (nSPS) is 13.5. The van der Waals surface area contributed by atoms with E-state index in [0.717, 1.165) is 6.26 Å². The van der Waals surface area contributed by atoms with Gasteiger partial charge in [-0.3, -0.25) is 4.79 Å². The monoisotopic (exact) mass is 238 g/mol. The predicted octanol–water partition coefficient (Wildman–Crippen LogP) is -0.923. The largest absolute Gasteiger partial charge is 0.468 e. The van der Waals surface area contributed by atoms with Crippen LogP contribution in [-0.4, -0.2) is 46.9 Å². The molecule has 0 amide bonds. The topological polar surface area (TPSA) is 84.5 Å². The lowest BCUT2D eigenvalue weighted by Gasteiger charge is -2.14. The Labute approximate surface area is 90.4 Å². The molecule has 0 rings (SSSR count). The minimum absolute atomic E-state index is 0.256. The molecule has 90 valence electrons. The van der Waals surface area contributed by atoms with E-state index in [4.69, 9.17) is 0 Å². The molecule has 0 fully saturated rings. The first-order valence-corrected chi connectivity index (χ1v) is 6.55. The summed E-state index contributed by atoms with van der Waals surface area (Å²) >= 11 is 0. The molecule has 2 N–H and O–H groups in total. The third-order valence-electron chi connectivity index (χ3n) is 1.77. The van der Waals surface area contributed by atoms with Crippen molar-refractivity contribution in [2.45, 2.75) is 19.4 Å². The van der Waals surface area contributed by atoms with Crippen molar-refractivity contribution >= 4 is 16.0 Å². The smallest absolute Gasteiger partial charge is 0.322 e. The summed E-state index contributed by atoms with van der Waals surface area (Å²) in [5.41, 5.74) is 0. The third-order valence-corrected chi connectivity index (χ3v) is 2.50. The van der Waals surface area contributed by atoms with Gasteiger partial charge in [0.1, 0.15) is 6.04 Å². The molecule has 6 nitrogen and oxygen atoms in total. The number of carbonyl (C=O) groups excluding carboxylic acids is 1. The van der Waals surface area contributed by atoms with Gasteiger partial charge in [0.15, 0.2) is 0 Å². The Kier molecular flexibility index (Phi) is 6.46. The Bertz CT molecular complexity index is 289. The van der Waals surface area contributed by atoms with Gasteiger partial charge in [-0.15, -0.1) is 0 Å². The zero-order valence-electron chi connectivity index (χ0n) is 9.24. The van der Waals surface area contributed by atoms with Crippen molar-refractivity contribution in [3.8, 4) is 0 Å².